The number of hydrogen-bond acceptors (Lipinski definition) is 4. The fourth-order valence-electron chi connectivity index (χ4n) is 3.23. The average molecular weight is 500 g/mol. The van der Waals surface area contributed by atoms with Crippen LogP contribution in [0.5, 0.6) is 0 Å². The van der Waals surface area contributed by atoms with Gasteiger partial charge in [0.1, 0.15) is 5.82 Å². The number of rotatable bonds is 5. The molecule has 0 unspecified atom stereocenters. The Morgan fingerprint density at radius 3 is 2.79 bits per heavy atom. The molecule has 0 spiro atoms. The zero-order chi connectivity index (χ0) is 19.1. The molecule has 3 rings (SSSR count). The summed E-state index contributed by atoms with van der Waals surface area (Å²) in [5.74, 6) is 1.74. The number of nitrogens with one attached hydrogen (secondary N) is 3. The summed E-state index contributed by atoms with van der Waals surface area (Å²) in [5.41, 5.74) is 2.05. The molecule has 0 bridgehead atoms. The molecular weight excluding hydrogens is 471 g/mol. The van der Waals surface area contributed by atoms with Crippen molar-refractivity contribution in [2.75, 3.05) is 33.3 Å². The quantitative estimate of drug-likeness (QED) is 0.333. The van der Waals surface area contributed by atoms with Gasteiger partial charge in [0.25, 0.3) is 0 Å². The molecule has 9 heteroatoms. The van der Waals surface area contributed by atoms with Crippen LogP contribution >= 0.6 is 24.0 Å². The van der Waals surface area contributed by atoms with Crippen LogP contribution in [0.1, 0.15) is 25.6 Å². The van der Waals surface area contributed by atoms with Crippen LogP contribution in [0.25, 0.3) is 11.0 Å². The number of aliphatic imine (C=N–C) groups is 1. The Hall–Kier alpha value is -2.04. The maximum absolute atomic E-state index is 11.8. The topological polar surface area (TPSA) is 94.6 Å². The Morgan fingerprint density at radius 1 is 1.36 bits per heavy atom. The molecule has 1 amide bonds. The fraction of sp³-hybridized carbons (Fsp3) is 0.526. The van der Waals surface area contributed by atoms with Crippen LogP contribution in [0.2, 0.25) is 0 Å². The van der Waals surface area contributed by atoms with Crippen molar-refractivity contribution in [2.45, 2.75) is 32.2 Å². The van der Waals surface area contributed by atoms with Crippen LogP contribution in [0, 0.1) is 0 Å². The molecule has 0 radical (unpaired) electrons. The number of hydrogen-bond donors (Lipinski definition) is 3. The molecule has 1 fully saturated rings. The highest BCUT2D eigenvalue weighted by Crippen LogP contribution is 2.12. The molecule has 1 saturated heterocycles. The van der Waals surface area contributed by atoms with Crippen LogP contribution in [0.3, 0.4) is 0 Å². The highest BCUT2D eigenvalue weighted by atomic mass is 127. The summed E-state index contributed by atoms with van der Waals surface area (Å²) in [6, 6.07) is 8.33. The number of carbonyl (C=O) groups is 1. The lowest BCUT2D eigenvalue weighted by Crippen LogP contribution is -2.50. The van der Waals surface area contributed by atoms with Crippen LogP contribution in [-0.4, -0.2) is 66.3 Å². The summed E-state index contributed by atoms with van der Waals surface area (Å²) < 4.78 is 5.06. The summed E-state index contributed by atoms with van der Waals surface area (Å²) in [4.78, 5) is 25.7. The SMILES string of the molecule is CCOC(=O)N1CCC(NC(=NC)NCCc2nc3ccccc3[nH]2)CC1.I. The Bertz CT molecular complexity index is 753. The van der Waals surface area contributed by atoms with Crippen molar-refractivity contribution >= 4 is 47.1 Å². The van der Waals surface area contributed by atoms with Crippen molar-refractivity contribution in [3.63, 3.8) is 0 Å². The first kappa shape index (κ1) is 22.3. The van der Waals surface area contributed by atoms with Gasteiger partial charge in [0.05, 0.1) is 17.6 Å². The number of ether oxygens (including phenoxy) is 1. The number of imidazole rings is 1. The van der Waals surface area contributed by atoms with Gasteiger partial charge in [-0.1, -0.05) is 12.1 Å². The van der Waals surface area contributed by atoms with E-state index in [0.29, 0.717) is 25.7 Å². The number of nitrogens with zero attached hydrogens (tertiary/aromatic N) is 3. The van der Waals surface area contributed by atoms with Crippen LogP contribution in [-0.2, 0) is 11.2 Å². The maximum atomic E-state index is 11.8. The first-order chi connectivity index (χ1) is 13.2. The van der Waals surface area contributed by atoms with Gasteiger partial charge < -0.3 is 25.3 Å². The number of halogens is 1. The van der Waals surface area contributed by atoms with Crippen molar-refractivity contribution in [1.82, 2.24) is 25.5 Å². The minimum absolute atomic E-state index is 0. The van der Waals surface area contributed by atoms with E-state index in [1.807, 2.05) is 31.2 Å². The van der Waals surface area contributed by atoms with E-state index in [4.69, 9.17) is 4.74 Å². The number of fused-ring (bicyclic) bond motifs is 1. The standard InChI is InChI=1S/C19H28N6O2.HI/c1-3-27-19(26)25-12-9-14(10-13-25)22-18(20-2)21-11-8-17-23-15-6-4-5-7-16(15)24-17;/h4-7,14H,3,8-13H2,1-2H3,(H,23,24)(H2,20,21,22);1H. The number of H-pyrrole nitrogens is 1. The highest BCUT2D eigenvalue weighted by Gasteiger charge is 2.23. The van der Waals surface area contributed by atoms with E-state index >= 15 is 0 Å². The van der Waals surface area contributed by atoms with E-state index in [-0.39, 0.29) is 30.1 Å². The third kappa shape index (κ3) is 5.98. The molecule has 28 heavy (non-hydrogen) atoms. The van der Waals surface area contributed by atoms with E-state index in [1.54, 1.807) is 11.9 Å². The van der Waals surface area contributed by atoms with Gasteiger partial charge in [-0.25, -0.2) is 9.78 Å². The lowest BCUT2D eigenvalue weighted by atomic mass is 10.1. The van der Waals surface area contributed by atoms with Crippen LogP contribution in [0.15, 0.2) is 29.3 Å². The van der Waals surface area contributed by atoms with Gasteiger partial charge in [-0.2, -0.15) is 0 Å². The van der Waals surface area contributed by atoms with Gasteiger partial charge in [-0.15, -0.1) is 24.0 Å². The molecule has 0 saturated carbocycles. The molecule has 3 N–H and O–H groups in total. The Morgan fingerprint density at radius 2 is 2.11 bits per heavy atom. The second kappa shape index (κ2) is 11.1. The second-order valence-electron chi connectivity index (χ2n) is 6.55. The summed E-state index contributed by atoms with van der Waals surface area (Å²) >= 11 is 0. The zero-order valence-corrected chi connectivity index (χ0v) is 18.7. The molecule has 1 aliphatic heterocycles. The third-order valence-electron chi connectivity index (χ3n) is 4.68. The lowest BCUT2D eigenvalue weighted by molar-refractivity contribution is 0.0963. The molecule has 8 nitrogen and oxygen atoms in total. The number of benzene rings is 1. The van der Waals surface area contributed by atoms with Crippen LogP contribution in [0.4, 0.5) is 4.79 Å². The number of aromatic amines is 1. The van der Waals surface area contributed by atoms with Crippen molar-refractivity contribution < 1.29 is 9.53 Å². The monoisotopic (exact) mass is 500 g/mol. The number of carbonyl (C=O) groups excluding carboxylic acids is 1. The number of guanidine groups is 1. The van der Waals surface area contributed by atoms with Crippen molar-refractivity contribution in [3.8, 4) is 0 Å². The van der Waals surface area contributed by atoms with Gasteiger partial charge >= 0.3 is 6.09 Å². The molecule has 154 valence electrons. The molecule has 1 aromatic heterocycles. The molecule has 2 aromatic rings. The maximum Gasteiger partial charge on any atom is 0.409 e. The van der Waals surface area contributed by atoms with E-state index in [0.717, 1.165) is 48.6 Å². The Balaban J connectivity index is 0.00000280. The summed E-state index contributed by atoms with van der Waals surface area (Å²) in [7, 11) is 1.77. The first-order valence-corrected chi connectivity index (χ1v) is 9.52. The Kier molecular flexibility index (Phi) is 8.81. The predicted molar refractivity (Wildman–Crippen MR) is 121 cm³/mol. The normalized spacial score (nSPS) is 15.2. The van der Waals surface area contributed by atoms with Crippen LogP contribution < -0.4 is 10.6 Å². The van der Waals surface area contributed by atoms with Crippen molar-refractivity contribution in [2.24, 2.45) is 4.99 Å². The first-order valence-electron chi connectivity index (χ1n) is 9.52. The zero-order valence-electron chi connectivity index (χ0n) is 16.4. The molecule has 2 heterocycles. The summed E-state index contributed by atoms with van der Waals surface area (Å²) in [6.07, 6.45) is 2.33. The van der Waals surface area contributed by atoms with Crippen molar-refractivity contribution in [1.29, 1.82) is 0 Å². The summed E-state index contributed by atoms with van der Waals surface area (Å²) in [6.45, 7) is 4.38. The molecule has 1 aromatic carbocycles. The Labute approximate surface area is 182 Å². The fourth-order valence-corrected chi connectivity index (χ4v) is 3.23. The van der Waals surface area contributed by atoms with Gasteiger partial charge in [-0.3, -0.25) is 4.99 Å². The van der Waals surface area contributed by atoms with Gasteiger partial charge in [-0.05, 0) is 31.9 Å². The molecular formula is C19H29IN6O2. The summed E-state index contributed by atoms with van der Waals surface area (Å²) in [5, 5.41) is 6.78. The number of para-hydroxylation sites is 2. The minimum Gasteiger partial charge on any atom is -0.450 e. The van der Waals surface area contributed by atoms with E-state index in [2.05, 4.69) is 25.6 Å². The predicted octanol–water partition coefficient (Wildman–Crippen LogP) is 2.51. The average Bonchev–Trinajstić information content (AvgIpc) is 3.10. The smallest absolute Gasteiger partial charge is 0.409 e. The minimum atomic E-state index is -0.218. The largest absolute Gasteiger partial charge is 0.450 e. The van der Waals surface area contributed by atoms with Gasteiger partial charge in [0.15, 0.2) is 5.96 Å². The number of aromatic nitrogens is 2. The van der Waals surface area contributed by atoms with E-state index in [9.17, 15) is 4.79 Å². The molecule has 0 atom stereocenters. The van der Waals surface area contributed by atoms with E-state index in [1.165, 1.54) is 0 Å². The van der Waals surface area contributed by atoms with Gasteiger partial charge in [0, 0.05) is 39.1 Å². The third-order valence-corrected chi connectivity index (χ3v) is 4.68. The van der Waals surface area contributed by atoms with E-state index < -0.39 is 0 Å². The number of likely N-dealkylation sites (tertiary alicyclic amines) is 1. The molecule has 0 aliphatic carbocycles. The molecule has 1 aliphatic rings. The number of amides is 1. The second-order valence-corrected chi connectivity index (χ2v) is 6.55. The van der Waals surface area contributed by atoms with Gasteiger partial charge in [0.2, 0.25) is 0 Å². The number of piperidine rings is 1. The van der Waals surface area contributed by atoms with Crippen molar-refractivity contribution in [3.05, 3.63) is 30.1 Å². The highest BCUT2D eigenvalue weighted by molar-refractivity contribution is 14.0. The lowest BCUT2D eigenvalue weighted by Gasteiger charge is -2.32.